The van der Waals surface area contributed by atoms with Crippen molar-refractivity contribution in [1.29, 1.82) is 0 Å². The number of carbonyl (C=O) groups excluding carboxylic acids is 1. The number of carbonyl (C=O) groups is 1. The van der Waals surface area contributed by atoms with Gasteiger partial charge in [0.2, 0.25) is 6.79 Å². The molecular weight excluding hydrogens is 270 g/mol. The number of fused-ring (bicyclic) bond motifs is 1. The summed E-state index contributed by atoms with van der Waals surface area (Å²) >= 11 is 0. The molecule has 2 heterocycles. The number of benzene rings is 1. The lowest BCUT2D eigenvalue weighted by Crippen LogP contribution is -2.46. The second kappa shape index (κ2) is 6.35. The van der Waals surface area contributed by atoms with Crippen LogP contribution in [0.5, 0.6) is 11.5 Å². The summed E-state index contributed by atoms with van der Waals surface area (Å²) in [6, 6.07) is 6.09. The summed E-state index contributed by atoms with van der Waals surface area (Å²) < 4.78 is 15.9. The minimum atomic E-state index is -0.0876. The van der Waals surface area contributed by atoms with Gasteiger partial charge < -0.3 is 19.5 Å². The molecule has 21 heavy (non-hydrogen) atoms. The van der Waals surface area contributed by atoms with E-state index in [9.17, 15) is 4.79 Å². The highest BCUT2D eigenvalue weighted by Crippen LogP contribution is 2.33. The van der Waals surface area contributed by atoms with Crippen molar-refractivity contribution >= 4 is 5.97 Å². The van der Waals surface area contributed by atoms with Gasteiger partial charge in [-0.25, -0.2) is 0 Å². The summed E-state index contributed by atoms with van der Waals surface area (Å²) in [5, 5.41) is 3.45. The van der Waals surface area contributed by atoms with Crippen LogP contribution in [0.4, 0.5) is 0 Å². The van der Waals surface area contributed by atoms with E-state index in [0.717, 1.165) is 42.9 Å². The molecule has 0 saturated carbocycles. The number of ether oxygens (including phenoxy) is 3. The lowest BCUT2D eigenvalue weighted by Gasteiger charge is -2.31. The Kier molecular flexibility index (Phi) is 4.29. The van der Waals surface area contributed by atoms with Gasteiger partial charge in [0.15, 0.2) is 11.5 Å². The van der Waals surface area contributed by atoms with Gasteiger partial charge in [-0.15, -0.1) is 0 Å². The van der Waals surface area contributed by atoms with Crippen molar-refractivity contribution in [2.75, 3.05) is 19.9 Å². The molecule has 0 amide bonds. The van der Waals surface area contributed by atoms with Crippen molar-refractivity contribution in [3.8, 4) is 11.5 Å². The van der Waals surface area contributed by atoms with Crippen LogP contribution in [0.15, 0.2) is 18.2 Å². The average Bonchev–Trinajstić information content (AvgIpc) is 2.95. The maximum Gasteiger partial charge on any atom is 0.310 e. The summed E-state index contributed by atoms with van der Waals surface area (Å²) in [5.41, 5.74) is 1.15. The van der Waals surface area contributed by atoms with Gasteiger partial charge in [0.1, 0.15) is 0 Å². The van der Waals surface area contributed by atoms with Gasteiger partial charge in [0, 0.05) is 6.04 Å². The largest absolute Gasteiger partial charge is 0.466 e. The third-order valence-electron chi connectivity index (χ3n) is 4.07. The van der Waals surface area contributed by atoms with Crippen LogP contribution in [-0.4, -0.2) is 32.0 Å². The highest BCUT2D eigenvalue weighted by atomic mass is 16.7. The Morgan fingerprint density at radius 1 is 1.38 bits per heavy atom. The molecule has 2 atom stereocenters. The van der Waals surface area contributed by atoms with Gasteiger partial charge in [-0.2, -0.15) is 0 Å². The van der Waals surface area contributed by atoms with Crippen molar-refractivity contribution in [2.24, 2.45) is 5.92 Å². The molecule has 0 unspecified atom stereocenters. The predicted molar refractivity (Wildman–Crippen MR) is 77.4 cm³/mol. The maximum atomic E-state index is 12.1. The fourth-order valence-electron chi connectivity index (χ4n) is 3.02. The second-order valence-electron chi connectivity index (χ2n) is 5.45. The van der Waals surface area contributed by atoms with Gasteiger partial charge in [-0.05, 0) is 50.4 Å². The first kappa shape index (κ1) is 14.2. The molecule has 2 aliphatic rings. The van der Waals surface area contributed by atoms with Crippen molar-refractivity contribution in [3.05, 3.63) is 23.8 Å². The van der Waals surface area contributed by atoms with E-state index in [1.807, 2.05) is 25.1 Å². The van der Waals surface area contributed by atoms with Gasteiger partial charge in [-0.3, -0.25) is 4.79 Å². The van der Waals surface area contributed by atoms with Crippen LogP contribution in [-0.2, 0) is 16.0 Å². The molecule has 2 aliphatic heterocycles. The van der Waals surface area contributed by atoms with Crippen LogP contribution in [0.1, 0.15) is 25.3 Å². The molecule has 0 aromatic heterocycles. The maximum absolute atomic E-state index is 12.1. The summed E-state index contributed by atoms with van der Waals surface area (Å²) in [7, 11) is 0. The lowest BCUT2D eigenvalue weighted by molar-refractivity contribution is -0.150. The second-order valence-corrected chi connectivity index (χ2v) is 5.45. The van der Waals surface area contributed by atoms with Gasteiger partial charge in [-0.1, -0.05) is 6.07 Å². The zero-order valence-corrected chi connectivity index (χ0v) is 12.3. The monoisotopic (exact) mass is 291 g/mol. The fraction of sp³-hybridized carbons (Fsp3) is 0.562. The minimum Gasteiger partial charge on any atom is -0.466 e. The van der Waals surface area contributed by atoms with Crippen LogP contribution >= 0.6 is 0 Å². The highest BCUT2D eigenvalue weighted by molar-refractivity contribution is 5.73. The molecule has 0 aliphatic carbocycles. The first-order valence-corrected chi connectivity index (χ1v) is 7.56. The Morgan fingerprint density at radius 2 is 2.24 bits per heavy atom. The molecule has 5 heteroatoms. The van der Waals surface area contributed by atoms with Crippen LogP contribution in [0.25, 0.3) is 0 Å². The third-order valence-corrected chi connectivity index (χ3v) is 4.07. The molecule has 114 valence electrons. The molecule has 0 bridgehead atoms. The van der Waals surface area contributed by atoms with E-state index in [4.69, 9.17) is 14.2 Å². The highest BCUT2D eigenvalue weighted by Gasteiger charge is 2.32. The lowest BCUT2D eigenvalue weighted by atomic mass is 9.87. The van der Waals surface area contributed by atoms with Crippen molar-refractivity contribution in [1.82, 2.24) is 5.32 Å². The fourth-order valence-corrected chi connectivity index (χ4v) is 3.02. The van der Waals surface area contributed by atoms with Crippen molar-refractivity contribution in [3.63, 3.8) is 0 Å². The molecule has 1 fully saturated rings. The van der Waals surface area contributed by atoms with Crippen LogP contribution in [0, 0.1) is 5.92 Å². The minimum absolute atomic E-state index is 0.0656. The van der Waals surface area contributed by atoms with Gasteiger partial charge >= 0.3 is 5.97 Å². The SMILES string of the molecule is CCOC(=O)[C@@H]1CCCN[C@H]1Cc1ccc2c(c1)OCO2. The van der Waals surface area contributed by atoms with E-state index in [2.05, 4.69) is 5.32 Å². The molecule has 1 aromatic rings. The number of rotatable bonds is 4. The smallest absolute Gasteiger partial charge is 0.310 e. The zero-order chi connectivity index (χ0) is 14.7. The first-order valence-electron chi connectivity index (χ1n) is 7.56. The Balaban J connectivity index is 1.70. The molecule has 1 aromatic carbocycles. The summed E-state index contributed by atoms with van der Waals surface area (Å²) in [6.07, 6.45) is 2.70. The Morgan fingerprint density at radius 3 is 3.10 bits per heavy atom. The average molecular weight is 291 g/mol. The van der Waals surface area contributed by atoms with Crippen molar-refractivity contribution in [2.45, 2.75) is 32.2 Å². The van der Waals surface area contributed by atoms with E-state index >= 15 is 0 Å². The molecule has 1 N–H and O–H groups in total. The van der Waals surface area contributed by atoms with Gasteiger partial charge in [0.05, 0.1) is 12.5 Å². The number of nitrogens with one attached hydrogen (secondary N) is 1. The quantitative estimate of drug-likeness (QED) is 0.859. The topological polar surface area (TPSA) is 56.8 Å². The molecule has 0 spiro atoms. The third kappa shape index (κ3) is 3.13. The number of hydrogen-bond acceptors (Lipinski definition) is 5. The molecule has 5 nitrogen and oxygen atoms in total. The number of hydrogen-bond donors (Lipinski definition) is 1. The summed E-state index contributed by atoms with van der Waals surface area (Å²) in [5.74, 6) is 1.42. The van der Waals surface area contributed by atoms with Crippen molar-refractivity contribution < 1.29 is 19.0 Å². The van der Waals surface area contributed by atoms with E-state index < -0.39 is 0 Å². The molecular formula is C16H21NO4. The van der Waals surface area contributed by atoms with Crippen LogP contribution < -0.4 is 14.8 Å². The predicted octanol–water partition coefficient (Wildman–Crippen LogP) is 1.89. The van der Waals surface area contributed by atoms with E-state index in [1.54, 1.807) is 0 Å². The number of esters is 1. The summed E-state index contributed by atoms with van der Waals surface area (Å²) in [6.45, 7) is 3.52. The van der Waals surface area contributed by atoms with Gasteiger partial charge in [0.25, 0.3) is 0 Å². The molecule has 0 radical (unpaired) electrons. The standard InChI is InChI=1S/C16H21NO4/c1-2-19-16(18)12-4-3-7-17-13(12)8-11-5-6-14-15(9-11)21-10-20-14/h5-6,9,12-13,17H,2-4,7-8,10H2,1H3/t12-,13+/m1/s1. The zero-order valence-electron chi connectivity index (χ0n) is 12.3. The molecule has 3 rings (SSSR count). The van der Waals surface area contributed by atoms with Crippen LogP contribution in [0.3, 0.4) is 0 Å². The van der Waals surface area contributed by atoms with Crippen LogP contribution in [0.2, 0.25) is 0 Å². The Hall–Kier alpha value is -1.75. The number of piperidine rings is 1. The normalized spacial score (nSPS) is 23.9. The Bertz CT molecular complexity index is 517. The summed E-state index contributed by atoms with van der Waals surface area (Å²) in [4.78, 5) is 12.1. The van der Waals surface area contributed by atoms with E-state index in [1.165, 1.54) is 0 Å². The Labute approximate surface area is 124 Å². The van der Waals surface area contributed by atoms with E-state index in [-0.39, 0.29) is 24.7 Å². The van der Waals surface area contributed by atoms with E-state index in [0.29, 0.717) is 6.61 Å². The molecule has 1 saturated heterocycles. The first-order chi connectivity index (χ1) is 10.3.